The number of nitrogens with zero attached hydrogens (tertiary/aromatic N) is 2. The molecule has 0 radical (unpaired) electrons. The van der Waals surface area contributed by atoms with Crippen molar-refractivity contribution in [1.29, 1.82) is 0 Å². The van der Waals surface area contributed by atoms with Gasteiger partial charge in [-0.2, -0.15) is 0 Å². The van der Waals surface area contributed by atoms with E-state index in [-0.39, 0.29) is 12.0 Å². The summed E-state index contributed by atoms with van der Waals surface area (Å²) in [6, 6.07) is 6.41. The van der Waals surface area contributed by atoms with E-state index in [0.29, 0.717) is 37.5 Å². The molecule has 3 amide bonds. The number of cyclic esters (lactones) is 1. The Bertz CT molecular complexity index is 726. The smallest absolute Gasteiger partial charge is 0.414 e. The lowest BCUT2D eigenvalue weighted by molar-refractivity contribution is -0.120. The lowest BCUT2D eigenvalue weighted by atomic mass is 10.2. The van der Waals surface area contributed by atoms with E-state index >= 15 is 0 Å². The van der Waals surface area contributed by atoms with E-state index in [4.69, 9.17) is 9.47 Å². The van der Waals surface area contributed by atoms with Crippen LogP contribution in [0.25, 0.3) is 0 Å². The Hall–Kier alpha value is -2.77. The third kappa shape index (κ3) is 4.50. The van der Waals surface area contributed by atoms with Crippen molar-refractivity contribution in [1.82, 2.24) is 4.90 Å². The molecular formula is C19H25N3O5. The summed E-state index contributed by atoms with van der Waals surface area (Å²) in [5.74, 6) is -0.244. The quantitative estimate of drug-likeness (QED) is 0.877. The van der Waals surface area contributed by atoms with Gasteiger partial charge >= 0.3 is 12.2 Å². The van der Waals surface area contributed by atoms with Crippen LogP contribution < -0.4 is 10.2 Å². The highest BCUT2D eigenvalue weighted by Crippen LogP contribution is 2.24. The molecule has 2 heterocycles. The number of ether oxygens (including phenoxy) is 2. The Balaban J connectivity index is 1.62. The van der Waals surface area contributed by atoms with Gasteiger partial charge in [0.05, 0.1) is 6.54 Å². The molecule has 1 aromatic rings. The Morgan fingerprint density at radius 2 is 1.89 bits per heavy atom. The fraction of sp³-hybridized carbons (Fsp3) is 0.526. The van der Waals surface area contributed by atoms with Crippen molar-refractivity contribution >= 4 is 29.5 Å². The first kappa shape index (κ1) is 19.0. The van der Waals surface area contributed by atoms with Gasteiger partial charge in [0.25, 0.3) is 0 Å². The van der Waals surface area contributed by atoms with Crippen LogP contribution in [0, 0.1) is 0 Å². The van der Waals surface area contributed by atoms with E-state index in [0.717, 1.165) is 6.42 Å². The number of hydrogen-bond acceptors (Lipinski definition) is 5. The van der Waals surface area contributed by atoms with Gasteiger partial charge in [-0.15, -0.1) is 0 Å². The molecule has 1 N–H and O–H groups in total. The van der Waals surface area contributed by atoms with Gasteiger partial charge in [0.2, 0.25) is 5.91 Å². The van der Waals surface area contributed by atoms with Crippen LogP contribution in [-0.4, -0.2) is 54.3 Å². The Kier molecular flexibility index (Phi) is 5.25. The molecule has 2 fully saturated rings. The van der Waals surface area contributed by atoms with E-state index in [1.807, 2.05) is 0 Å². The maximum atomic E-state index is 12.6. The summed E-state index contributed by atoms with van der Waals surface area (Å²) in [6.45, 7) is 6.79. The monoisotopic (exact) mass is 375 g/mol. The normalized spacial score (nSPS) is 19.8. The minimum Gasteiger partial charge on any atom is -0.447 e. The number of carbonyl (C=O) groups excluding carboxylic acids is 3. The molecule has 0 aliphatic carbocycles. The maximum absolute atomic E-state index is 12.6. The minimum atomic E-state index is -0.604. The van der Waals surface area contributed by atoms with Crippen molar-refractivity contribution in [3.8, 4) is 0 Å². The van der Waals surface area contributed by atoms with Gasteiger partial charge < -0.3 is 14.8 Å². The van der Waals surface area contributed by atoms with Gasteiger partial charge in [-0.05, 0) is 57.9 Å². The highest BCUT2D eigenvalue weighted by Gasteiger charge is 2.36. The van der Waals surface area contributed by atoms with Gasteiger partial charge in [-0.25, -0.2) is 9.59 Å². The van der Waals surface area contributed by atoms with Crippen molar-refractivity contribution in [3.05, 3.63) is 24.3 Å². The Morgan fingerprint density at radius 1 is 1.19 bits per heavy atom. The molecule has 2 saturated heterocycles. The van der Waals surface area contributed by atoms with Crippen LogP contribution in [0.3, 0.4) is 0 Å². The molecule has 1 aromatic carbocycles. The predicted octanol–water partition coefficient (Wildman–Crippen LogP) is 2.98. The van der Waals surface area contributed by atoms with Crippen LogP contribution in [-0.2, 0) is 14.3 Å². The zero-order valence-corrected chi connectivity index (χ0v) is 15.9. The molecule has 2 aliphatic rings. The summed E-state index contributed by atoms with van der Waals surface area (Å²) in [4.78, 5) is 39.6. The summed E-state index contributed by atoms with van der Waals surface area (Å²) in [7, 11) is 0. The second-order valence-electron chi connectivity index (χ2n) is 7.63. The number of nitrogens with one attached hydrogen (secondary N) is 1. The highest BCUT2D eigenvalue weighted by atomic mass is 16.6. The molecule has 8 heteroatoms. The molecule has 27 heavy (non-hydrogen) atoms. The highest BCUT2D eigenvalue weighted by molar-refractivity contribution is 5.97. The third-order valence-electron chi connectivity index (χ3n) is 4.39. The molecule has 0 bridgehead atoms. The minimum absolute atomic E-state index is 0.244. The van der Waals surface area contributed by atoms with Gasteiger partial charge in [0.15, 0.2) is 0 Å². The van der Waals surface area contributed by atoms with E-state index < -0.39 is 17.7 Å². The standard InChI is InChI=1S/C19H25N3O5/c1-19(2,3)27-18(25)22-10-4-5-15(22)16(23)20-13-6-8-14(9-7-13)21-11-12-26-17(21)24/h6-9,15H,4-5,10-12H2,1-3H3,(H,20,23)/t15-/m0/s1. The lowest BCUT2D eigenvalue weighted by Gasteiger charge is -2.28. The topological polar surface area (TPSA) is 88.2 Å². The first-order valence-electron chi connectivity index (χ1n) is 9.09. The molecule has 3 rings (SSSR count). The average molecular weight is 375 g/mol. The Labute approximate surface area is 158 Å². The average Bonchev–Trinajstić information content (AvgIpc) is 3.23. The molecule has 2 aliphatic heterocycles. The van der Waals surface area contributed by atoms with Crippen LogP contribution in [0.5, 0.6) is 0 Å². The molecule has 0 spiro atoms. The molecular weight excluding hydrogens is 350 g/mol. The second-order valence-corrected chi connectivity index (χ2v) is 7.63. The first-order valence-corrected chi connectivity index (χ1v) is 9.09. The number of rotatable bonds is 3. The molecule has 0 saturated carbocycles. The van der Waals surface area contributed by atoms with Crippen molar-refractivity contribution < 1.29 is 23.9 Å². The molecule has 0 aromatic heterocycles. The zero-order valence-electron chi connectivity index (χ0n) is 15.9. The van der Waals surface area contributed by atoms with E-state index in [9.17, 15) is 14.4 Å². The van der Waals surface area contributed by atoms with Gasteiger partial charge in [-0.3, -0.25) is 14.6 Å². The molecule has 146 valence electrons. The number of amides is 3. The van der Waals surface area contributed by atoms with Crippen molar-refractivity contribution in [2.75, 3.05) is 29.9 Å². The second kappa shape index (κ2) is 7.46. The summed E-state index contributed by atoms with van der Waals surface area (Å²) < 4.78 is 10.3. The van der Waals surface area contributed by atoms with Crippen LogP contribution in [0.2, 0.25) is 0 Å². The lowest BCUT2D eigenvalue weighted by Crippen LogP contribution is -2.45. The SMILES string of the molecule is CC(C)(C)OC(=O)N1CCC[C@H]1C(=O)Nc1ccc(N2CCOC2=O)cc1. The summed E-state index contributed by atoms with van der Waals surface area (Å²) in [6.07, 6.45) is 0.518. The molecule has 0 unspecified atom stereocenters. The number of likely N-dealkylation sites (tertiary alicyclic amines) is 1. The zero-order chi connectivity index (χ0) is 19.6. The van der Waals surface area contributed by atoms with Crippen molar-refractivity contribution in [3.63, 3.8) is 0 Å². The maximum Gasteiger partial charge on any atom is 0.414 e. The van der Waals surface area contributed by atoms with E-state index in [1.54, 1.807) is 45.0 Å². The van der Waals surface area contributed by atoms with Crippen molar-refractivity contribution in [2.24, 2.45) is 0 Å². The number of carbonyl (C=O) groups is 3. The van der Waals surface area contributed by atoms with E-state index in [1.165, 1.54) is 9.80 Å². The number of benzene rings is 1. The summed E-state index contributed by atoms with van der Waals surface area (Å²) in [5, 5.41) is 2.84. The predicted molar refractivity (Wildman–Crippen MR) is 99.7 cm³/mol. The van der Waals surface area contributed by atoms with Crippen LogP contribution >= 0.6 is 0 Å². The molecule has 8 nitrogen and oxygen atoms in total. The summed E-state index contributed by atoms with van der Waals surface area (Å²) >= 11 is 0. The number of anilines is 2. The van der Waals surface area contributed by atoms with Crippen molar-refractivity contribution in [2.45, 2.75) is 45.3 Å². The fourth-order valence-electron chi connectivity index (χ4n) is 3.16. The van der Waals surface area contributed by atoms with Crippen LogP contribution in [0.1, 0.15) is 33.6 Å². The number of hydrogen-bond donors (Lipinski definition) is 1. The Morgan fingerprint density at radius 3 is 2.48 bits per heavy atom. The largest absolute Gasteiger partial charge is 0.447 e. The van der Waals surface area contributed by atoms with Gasteiger partial charge in [0.1, 0.15) is 18.2 Å². The third-order valence-corrected chi connectivity index (χ3v) is 4.39. The fourth-order valence-corrected chi connectivity index (χ4v) is 3.16. The summed E-state index contributed by atoms with van der Waals surface area (Å²) in [5.41, 5.74) is 0.715. The molecule has 1 atom stereocenters. The van der Waals surface area contributed by atoms with Crippen LogP contribution in [0.4, 0.5) is 21.0 Å². The van der Waals surface area contributed by atoms with Crippen LogP contribution in [0.15, 0.2) is 24.3 Å². The first-order chi connectivity index (χ1) is 12.7. The van der Waals surface area contributed by atoms with E-state index in [2.05, 4.69) is 5.32 Å². The van der Waals surface area contributed by atoms with Gasteiger partial charge in [-0.1, -0.05) is 0 Å². The van der Waals surface area contributed by atoms with Gasteiger partial charge in [0, 0.05) is 17.9 Å².